The standard InChI is InChI=1S/C40H62O4S4/c1-36(2,3)29-21-27(22-30(33(29)41)37(4,5)6)46-40(12,13)47-28-23-31(38(7,8)9)34(42)32(24-28)39(10,11)19-17-25(35(43)44)15-14-16-26-18-20-45-48-26/h21-26,41-42H,14-20H2,1-13H3,(H,43,44). The highest BCUT2D eigenvalue weighted by Gasteiger charge is 2.34. The van der Waals surface area contributed by atoms with Crippen LogP contribution in [-0.2, 0) is 26.5 Å². The molecule has 1 aliphatic heterocycles. The first-order chi connectivity index (χ1) is 21.8. The minimum atomic E-state index is -0.708. The predicted octanol–water partition coefficient (Wildman–Crippen LogP) is 12.7. The third-order valence-electron chi connectivity index (χ3n) is 9.32. The molecule has 2 atom stereocenters. The Morgan fingerprint density at radius 2 is 1.19 bits per heavy atom. The van der Waals surface area contributed by atoms with Crippen molar-refractivity contribution in [2.75, 3.05) is 5.75 Å². The molecule has 3 rings (SSSR count). The second kappa shape index (κ2) is 15.7. The number of benzene rings is 2. The van der Waals surface area contributed by atoms with E-state index in [1.54, 1.807) is 23.5 Å². The Balaban J connectivity index is 1.91. The minimum Gasteiger partial charge on any atom is -0.507 e. The maximum Gasteiger partial charge on any atom is 0.306 e. The van der Waals surface area contributed by atoms with Gasteiger partial charge in [0.05, 0.1) is 10.00 Å². The highest BCUT2D eigenvalue weighted by Crippen LogP contribution is 2.51. The zero-order chi connectivity index (χ0) is 36.5. The fourth-order valence-electron chi connectivity index (χ4n) is 6.37. The Bertz CT molecular complexity index is 1390. The summed E-state index contributed by atoms with van der Waals surface area (Å²) in [5, 5.41) is 33.8. The van der Waals surface area contributed by atoms with Gasteiger partial charge in [0.2, 0.25) is 0 Å². The molecule has 1 saturated heterocycles. The number of phenolic OH excluding ortho intramolecular Hbond substituents is 2. The molecule has 1 fully saturated rings. The SMILES string of the molecule is CC(C)(Sc1cc(C(C)(C)C)c(O)c(C(C)(C)C)c1)Sc1cc(C(C)(C)C)c(O)c(C(C)(C)CCC(CCCC2CCSS2)C(=O)O)c1. The zero-order valence-electron chi connectivity index (χ0n) is 31.8. The molecule has 1 heterocycles. The zero-order valence-corrected chi connectivity index (χ0v) is 35.1. The van der Waals surface area contributed by atoms with Crippen molar-refractivity contribution in [1.82, 2.24) is 0 Å². The molecule has 270 valence electrons. The van der Waals surface area contributed by atoms with Gasteiger partial charge in [0, 0.05) is 43.0 Å². The van der Waals surface area contributed by atoms with Crippen molar-refractivity contribution in [1.29, 1.82) is 0 Å². The molecular formula is C40H62O4S4. The van der Waals surface area contributed by atoms with Crippen LogP contribution in [0, 0.1) is 5.92 Å². The van der Waals surface area contributed by atoms with Gasteiger partial charge in [0.15, 0.2) is 0 Å². The third-order valence-corrected chi connectivity index (χ3v) is 14.8. The summed E-state index contributed by atoms with van der Waals surface area (Å²) in [6.45, 7) is 28.0. The Labute approximate surface area is 308 Å². The lowest BCUT2D eigenvalue weighted by atomic mass is 9.75. The van der Waals surface area contributed by atoms with Crippen LogP contribution in [0.4, 0.5) is 0 Å². The van der Waals surface area contributed by atoms with E-state index in [1.807, 2.05) is 21.6 Å². The van der Waals surface area contributed by atoms with Crippen molar-refractivity contribution in [3.05, 3.63) is 46.5 Å². The number of hydrogen-bond donors (Lipinski definition) is 3. The van der Waals surface area contributed by atoms with Crippen LogP contribution in [0.2, 0.25) is 0 Å². The number of carboxylic acids is 1. The first kappa shape index (κ1) is 41.3. The molecule has 0 radical (unpaired) electrons. The molecule has 3 N–H and O–H groups in total. The van der Waals surface area contributed by atoms with E-state index >= 15 is 0 Å². The summed E-state index contributed by atoms with van der Waals surface area (Å²) >= 11 is 3.58. The maximum atomic E-state index is 12.3. The number of carboxylic acid groups (broad SMARTS) is 1. The molecule has 2 unspecified atom stereocenters. The van der Waals surface area contributed by atoms with Gasteiger partial charge in [-0.1, -0.05) is 104 Å². The summed E-state index contributed by atoms with van der Waals surface area (Å²) in [5.74, 6) is 0.837. The summed E-state index contributed by atoms with van der Waals surface area (Å²) in [6.07, 6.45) is 5.24. The molecule has 0 aliphatic carbocycles. The van der Waals surface area contributed by atoms with Crippen LogP contribution in [0.3, 0.4) is 0 Å². The molecule has 48 heavy (non-hydrogen) atoms. The summed E-state index contributed by atoms with van der Waals surface area (Å²) < 4.78 is -0.265. The monoisotopic (exact) mass is 734 g/mol. The molecule has 2 aromatic carbocycles. The number of carbonyl (C=O) groups is 1. The molecule has 8 heteroatoms. The molecule has 0 bridgehead atoms. The van der Waals surface area contributed by atoms with Gasteiger partial charge in [-0.2, -0.15) is 0 Å². The van der Waals surface area contributed by atoms with E-state index in [4.69, 9.17) is 0 Å². The second-order valence-corrected chi connectivity index (χ2v) is 24.2. The van der Waals surface area contributed by atoms with E-state index in [1.165, 1.54) is 12.2 Å². The smallest absolute Gasteiger partial charge is 0.306 e. The van der Waals surface area contributed by atoms with Crippen LogP contribution in [-0.4, -0.2) is 36.4 Å². The molecule has 1 aliphatic rings. The van der Waals surface area contributed by atoms with E-state index < -0.39 is 11.4 Å². The third kappa shape index (κ3) is 11.2. The van der Waals surface area contributed by atoms with Crippen LogP contribution in [0.25, 0.3) is 0 Å². The fraction of sp³-hybridized carbons (Fsp3) is 0.675. The topological polar surface area (TPSA) is 77.8 Å². The number of aromatic hydroxyl groups is 2. The van der Waals surface area contributed by atoms with Crippen LogP contribution in [0.15, 0.2) is 34.1 Å². The van der Waals surface area contributed by atoms with Crippen molar-refractivity contribution in [3.63, 3.8) is 0 Å². The summed E-state index contributed by atoms with van der Waals surface area (Å²) in [5.41, 5.74) is 2.61. The van der Waals surface area contributed by atoms with E-state index in [9.17, 15) is 20.1 Å². The van der Waals surface area contributed by atoms with Crippen LogP contribution in [0.5, 0.6) is 11.5 Å². The highest BCUT2D eigenvalue weighted by atomic mass is 33.1. The van der Waals surface area contributed by atoms with E-state index in [0.717, 1.165) is 44.9 Å². The van der Waals surface area contributed by atoms with Crippen LogP contribution >= 0.6 is 45.1 Å². The summed E-state index contributed by atoms with van der Waals surface area (Å²) in [6, 6.07) is 8.57. The van der Waals surface area contributed by atoms with E-state index in [0.29, 0.717) is 36.0 Å². The first-order valence-electron chi connectivity index (χ1n) is 17.5. The van der Waals surface area contributed by atoms with Gasteiger partial charge in [-0.15, -0.1) is 23.5 Å². The Hall–Kier alpha value is -1.09. The van der Waals surface area contributed by atoms with Gasteiger partial charge in [-0.3, -0.25) is 4.79 Å². The quantitative estimate of drug-likeness (QED) is 0.107. The first-order valence-corrected chi connectivity index (χ1v) is 21.5. The van der Waals surface area contributed by atoms with Gasteiger partial charge < -0.3 is 15.3 Å². The minimum absolute atomic E-state index is 0.204. The van der Waals surface area contributed by atoms with Crippen molar-refractivity contribution < 1.29 is 20.1 Å². The largest absolute Gasteiger partial charge is 0.507 e. The van der Waals surface area contributed by atoms with E-state index in [-0.39, 0.29) is 26.2 Å². The van der Waals surface area contributed by atoms with Crippen LogP contribution < -0.4 is 0 Å². The molecule has 2 aromatic rings. The second-order valence-electron chi connectivity index (χ2n) is 17.8. The average molecular weight is 735 g/mol. The van der Waals surface area contributed by atoms with Gasteiger partial charge in [0.25, 0.3) is 0 Å². The van der Waals surface area contributed by atoms with Gasteiger partial charge >= 0.3 is 5.97 Å². The molecule has 0 spiro atoms. The lowest BCUT2D eigenvalue weighted by Gasteiger charge is -2.33. The average Bonchev–Trinajstić information content (AvgIpc) is 3.43. The Kier molecular flexibility index (Phi) is 13.5. The number of phenols is 2. The van der Waals surface area contributed by atoms with Crippen LogP contribution in [0.1, 0.15) is 151 Å². The van der Waals surface area contributed by atoms with Crippen molar-refractivity contribution in [2.45, 2.75) is 169 Å². The lowest BCUT2D eigenvalue weighted by molar-refractivity contribution is -0.142. The molecule has 0 aromatic heterocycles. The normalized spacial score (nSPS) is 17.1. The fourth-order valence-corrected chi connectivity index (χ4v) is 12.0. The van der Waals surface area contributed by atoms with E-state index in [2.05, 4.69) is 114 Å². The highest BCUT2D eigenvalue weighted by molar-refractivity contribution is 8.77. The predicted molar refractivity (Wildman–Crippen MR) is 214 cm³/mol. The summed E-state index contributed by atoms with van der Waals surface area (Å²) in [7, 11) is 3.89. The Morgan fingerprint density at radius 1 is 0.750 bits per heavy atom. The summed E-state index contributed by atoms with van der Waals surface area (Å²) in [4.78, 5) is 14.5. The molecule has 0 saturated carbocycles. The van der Waals surface area contributed by atoms with Crippen molar-refractivity contribution in [2.24, 2.45) is 5.92 Å². The van der Waals surface area contributed by atoms with Gasteiger partial charge in [0.1, 0.15) is 11.5 Å². The Morgan fingerprint density at radius 3 is 1.58 bits per heavy atom. The number of hydrogen-bond acceptors (Lipinski definition) is 7. The lowest BCUT2D eigenvalue weighted by Crippen LogP contribution is -2.24. The van der Waals surface area contributed by atoms with Gasteiger partial charge in [-0.05, 0) is 91.9 Å². The molecule has 4 nitrogen and oxygen atoms in total. The number of thioether (sulfide) groups is 2. The number of rotatable bonds is 13. The number of aliphatic carboxylic acids is 1. The molecular weight excluding hydrogens is 673 g/mol. The maximum absolute atomic E-state index is 12.3. The van der Waals surface area contributed by atoms with Crippen molar-refractivity contribution >= 4 is 51.1 Å². The van der Waals surface area contributed by atoms with Crippen molar-refractivity contribution in [3.8, 4) is 11.5 Å². The van der Waals surface area contributed by atoms with Gasteiger partial charge in [-0.25, -0.2) is 0 Å². The molecule has 0 amide bonds.